The van der Waals surface area contributed by atoms with Crippen molar-refractivity contribution >= 4 is 34.0 Å². The Balaban J connectivity index is 1.93. The Morgan fingerprint density at radius 3 is 2.72 bits per heavy atom. The molecule has 0 aliphatic carbocycles. The van der Waals surface area contributed by atoms with Gasteiger partial charge in [0.2, 0.25) is 0 Å². The third kappa shape index (κ3) is 3.49. The van der Waals surface area contributed by atoms with Gasteiger partial charge in [-0.1, -0.05) is 0 Å². The molecule has 100 valence electrons. The van der Waals surface area contributed by atoms with Crippen molar-refractivity contribution in [1.82, 2.24) is 0 Å². The summed E-state index contributed by atoms with van der Waals surface area (Å²) in [6, 6.07) is 6.04. The van der Waals surface area contributed by atoms with Crippen LogP contribution in [0.3, 0.4) is 0 Å². The average Bonchev–Trinajstić information content (AvgIpc) is 2.37. The number of nitrogen functional groups attached to an aromatic ring is 1. The van der Waals surface area contributed by atoms with Crippen LogP contribution >= 0.6 is 22.6 Å². The zero-order valence-electron chi connectivity index (χ0n) is 10.3. The predicted molar refractivity (Wildman–Crippen MR) is 81.8 cm³/mol. The molecular formula is C13H19IN2O2. The van der Waals surface area contributed by atoms with Crippen molar-refractivity contribution in [1.29, 1.82) is 0 Å². The molecule has 1 aromatic rings. The minimum absolute atomic E-state index is 0.107. The van der Waals surface area contributed by atoms with Gasteiger partial charge in [-0.25, -0.2) is 0 Å². The molecule has 18 heavy (non-hydrogen) atoms. The zero-order valence-corrected chi connectivity index (χ0v) is 12.5. The summed E-state index contributed by atoms with van der Waals surface area (Å²) >= 11 is 2.33. The Labute approximate surface area is 121 Å². The van der Waals surface area contributed by atoms with Crippen molar-refractivity contribution in [2.75, 3.05) is 36.9 Å². The second kappa shape index (κ2) is 6.58. The highest BCUT2D eigenvalue weighted by molar-refractivity contribution is 14.1. The maximum absolute atomic E-state index is 8.74. The lowest BCUT2D eigenvalue weighted by Gasteiger charge is -2.34. The van der Waals surface area contributed by atoms with E-state index in [2.05, 4.69) is 33.6 Å². The van der Waals surface area contributed by atoms with E-state index >= 15 is 0 Å². The van der Waals surface area contributed by atoms with Gasteiger partial charge in [-0.15, -0.1) is 0 Å². The number of piperidine rings is 1. The van der Waals surface area contributed by atoms with Crippen LogP contribution in [0.25, 0.3) is 0 Å². The van der Waals surface area contributed by atoms with Crippen LogP contribution in [0.1, 0.15) is 12.8 Å². The number of benzene rings is 1. The third-order valence-electron chi connectivity index (χ3n) is 3.20. The van der Waals surface area contributed by atoms with Gasteiger partial charge in [0.25, 0.3) is 0 Å². The fourth-order valence-electron chi connectivity index (χ4n) is 2.26. The van der Waals surface area contributed by atoms with E-state index in [-0.39, 0.29) is 6.61 Å². The molecule has 2 rings (SSSR count). The summed E-state index contributed by atoms with van der Waals surface area (Å²) < 4.78 is 6.76. The number of anilines is 2. The molecule has 1 aromatic carbocycles. The Hall–Kier alpha value is -0.530. The molecule has 0 radical (unpaired) electrons. The number of hydrogen-bond donors (Lipinski definition) is 2. The van der Waals surface area contributed by atoms with E-state index in [9.17, 15) is 0 Å². The van der Waals surface area contributed by atoms with Crippen LogP contribution in [0.2, 0.25) is 0 Å². The van der Waals surface area contributed by atoms with Crippen LogP contribution in [-0.2, 0) is 4.74 Å². The SMILES string of the molecule is Nc1ccc(N2CCC(OCCO)CC2)c(I)c1. The molecule has 1 heterocycles. The third-order valence-corrected chi connectivity index (χ3v) is 4.06. The number of halogens is 1. The first-order valence-electron chi connectivity index (χ1n) is 6.23. The topological polar surface area (TPSA) is 58.7 Å². The fraction of sp³-hybridized carbons (Fsp3) is 0.538. The van der Waals surface area contributed by atoms with Gasteiger partial charge in [0.05, 0.1) is 25.0 Å². The monoisotopic (exact) mass is 362 g/mol. The quantitative estimate of drug-likeness (QED) is 0.634. The van der Waals surface area contributed by atoms with E-state index in [0.717, 1.165) is 31.6 Å². The summed E-state index contributed by atoms with van der Waals surface area (Å²) in [6.07, 6.45) is 2.32. The predicted octanol–water partition coefficient (Wildman–Crippen LogP) is 1.85. The Morgan fingerprint density at radius 2 is 2.11 bits per heavy atom. The first-order chi connectivity index (χ1) is 8.70. The van der Waals surface area contributed by atoms with Crippen molar-refractivity contribution in [2.24, 2.45) is 0 Å². The van der Waals surface area contributed by atoms with E-state index in [4.69, 9.17) is 15.6 Å². The van der Waals surface area contributed by atoms with Gasteiger partial charge in [0, 0.05) is 22.3 Å². The molecule has 4 nitrogen and oxygen atoms in total. The molecule has 1 aliphatic rings. The molecule has 0 amide bonds. The van der Waals surface area contributed by atoms with Crippen molar-refractivity contribution in [2.45, 2.75) is 18.9 Å². The van der Waals surface area contributed by atoms with Gasteiger partial charge < -0.3 is 20.5 Å². The molecule has 1 saturated heterocycles. The van der Waals surface area contributed by atoms with E-state index in [1.807, 2.05) is 12.1 Å². The van der Waals surface area contributed by atoms with Crippen LogP contribution in [-0.4, -0.2) is 37.5 Å². The number of nitrogens with two attached hydrogens (primary N) is 1. The highest BCUT2D eigenvalue weighted by Crippen LogP contribution is 2.27. The number of aliphatic hydroxyl groups is 1. The summed E-state index contributed by atoms with van der Waals surface area (Å²) in [7, 11) is 0. The van der Waals surface area contributed by atoms with Gasteiger partial charge >= 0.3 is 0 Å². The average molecular weight is 362 g/mol. The standard InChI is InChI=1S/C13H19IN2O2/c14-12-9-10(15)1-2-13(12)16-5-3-11(4-6-16)18-8-7-17/h1-2,9,11,17H,3-8,15H2. The lowest BCUT2D eigenvalue weighted by atomic mass is 10.1. The van der Waals surface area contributed by atoms with Crippen LogP contribution in [0, 0.1) is 3.57 Å². The Morgan fingerprint density at radius 1 is 1.39 bits per heavy atom. The molecule has 0 spiro atoms. The normalized spacial score (nSPS) is 17.1. The zero-order chi connectivity index (χ0) is 13.0. The largest absolute Gasteiger partial charge is 0.399 e. The van der Waals surface area contributed by atoms with E-state index in [1.54, 1.807) is 0 Å². The van der Waals surface area contributed by atoms with E-state index < -0.39 is 0 Å². The maximum Gasteiger partial charge on any atom is 0.0701 e. The van der Waals surface area contributed by atoms with Crippen LogP contribution in [0.4, 0.5) is 11.4 Å². The number of aliphatic hydroxyl groups excluding tert-OH is 1. The molecule has 0 bridgehead atoms. The fourth-order valence-corrected chi connectivity index (χ4v) is 3.14. The second-order valence-corrected chi connectivity index (χ2v) is 5.65. The second-order valence-electron chi connectivity index (χ2n) is 4.49. The van der Waals surface area contributed by atoms with E-state index in [1.165, 1.54) is 9.26 Å². The van der Waals surface area contributed by atoms with Gasteiger partial charge in [-0.3, -0.25) is 0 Å². The summed E-state index contributed by atoms with van der Waals surface area (Å²) in [5.74, 6) is 0. The van der Waals surface area contributed by atoms with E-state index in [0.29, 0.717) is 12.7 Å². The number of ether oxygens (including phenoxy) is 1. The molecule has 0 unspecified atom stereocenters. The molecule has 1 fully saturated rings. The first kappa shape index (κ1) is 13.9. The number of rotatable bonds is 4. The summed E-state index contributed by atoms with van der Waals surface area (Å²) in [6.45, 7) is 2.55. The van der Waals surface area contributed by atoms with Crippen molar-refractivity contribution in [3.8, 4) is 0 Å². The molecule has 1 aliphatic heterocycles. The van der Waals surface area contributed by atoms with Crippen LogP contribution in [0.15, 0.2) is 18.2 Å². The number of nitrogens with zero attached hydrogens (tertiary/aromatic N) is 1. The first-order valence-corrected chi connectivity index (χ1v) is 7.31. The molecule has 0 aromatic heterocycles. The molecule has 5 heteroatoms. The highest BCUT2D eigenvalue weighted by Gasteiger charge is 2.20. The van der Waals surface area contributed by atoms with Gasteiger partial charge in [-0.2, -0.15) is 0 Å². The summed E-state index contributed by atoms with van der Waals surface area (Å²) in [5.41, 5.74) is 7.83. The molecule has 0 saturated carbocycles. The van der Waals surface area contributed by atoms with Crippen LogP contribution in [0.5, 0.6) is 0 Å². The number of hydrogen-bond acceptors (Lipinski definition) is 4. The van der Waals surface area contributed by atoms with Gasteiger partial charge in [0.1, 0.15) is 0 Å². The van der Waals surface area contributed by atoms with Gasteiger partial charge in [-0.05, 0) is 53.6 Å². The molecular weight excluding hydrogens is 343 g/mol. The summed E-state index contributed by atoms with van der Waals surface area (Å²) in [5, 5.41) is 8.74. The van der Waals surface area contributed by atoms with Crippen molar-refractivity contribution in [3.05, 3.63) is 21.8 Å². The highest BCUT2D eigenvalue weighted by atomic mass is 127. The summed E-state index contributed by atoms with van der Waals surface area (Å²) in [4.78, 5) is 2.38. The maximum atomic E-state index is 8.74. The van der Waals surface area contributed by atoms with Crippen LogP contribution < -0.4 is 10.6 Å². The van der Waals surface area contributed by atoms with Gasteiger partial charge in [0.15, 0.2) is 0 Å². The Kier molecular flexibility index (Phi) is 5.08. The van der Waals surface area contributed by atoms with Crippen molar-refractivity contribution in [3.63, 3.8) is 0 Å². The van der Waals surface area contributed by atoms with Crippen molar-refractivity contribution < 1.29 is 9.84 Å². The smallest absolute Gasteiger partial charge is 0.0701 e. The molecule has 3 N–H and O–H groups in total. The minimum Gasteiger partial charge on any atom is -0.399 e. The minimum atomic E-state index is 0.107. The lowest BCUT2D eigenvalue weighted by molar-refractivity contribution is 0.0159. The lowest BCUT2D eigenvalue weighted by Crippen LogP contribution is -2.37. The Bertz CT molecular complexity index is 393. The molecule has 0 atom stereocenters.